The van der Waals surface area contributed by atoms with Crippen LogP contribution in [0.4, 0.5) is 4.39 Å². The highest BCUT2D eigenvalue weighted by Gasteiger charge is 2.27. The fourth-order valence-corrected chi connectivity index (χ4v) is 4.16. The van der Waals surface area contributed by atoms with E-state index in [1.165, 1.54) is 24.3 Å². The quantitative estimate of drug-likeness (QED) is 0.494. The zero-order valence-corrected chi connectivity index (χ0v) is 20.1. The fraction of sp³-hybridized carbons (Fsp3) is 0.481. The topological polar surface area (TPSA) is 88.1 Å². The van der Waals surface area contributed by atoms with Crippen molar-refractivity contribution in [2.24, 2.45) is 0 Å². The van der Waals surface area contributed by atoms with E-state index in [0.29, 0.717) is 49.7 Å². The zero-order chi connectivity index (χ0) is 25.0. The van der Waals surface area contributed by atoms with Gasteiger partial charge < -0.3 is 24.8 Å². The van der Waals surface area contributed by atoms with Gasteiger partial charge in [0.15, 0.2) is 5.78 Å². The molecule has 3 rings (SSSR count). The molecular weight excluding hydrogens is 451 g/mol. The van der Waals surface area contributed by atoms with Crippen LogP contribution in [-0.2, 0) is 14.3 Å². The lowest BCUT2D eigenvalue weighted by Gasteiger charge is -2.29. The van der Waals surface area contributed by atoms with Crippen molar-refractivity contribution in [3.63, 3.8) is 0 Å². The predicted molar refractivity (Wildman–Crippen MR) is 131 cm³/mol. The highest BCUT2D eigenvalue weighted by Crippen LogP contribution is 2.16. The largest absolute Gasteiger partial charge is 0.492 e. The van der Waals surface area contributed by atoms with Crippen LogP contribution in [0.3, 0.4) is 0 Å². The Kier molecular flexibility index (Phi) is 10.7. The third-order valence-electron chi connectivity index (χ3n) is 6.11. The van der Waals surface area contributed by atoms with Gasteiger partial charge in [0.05, 0.1) is 19.3 Å². The minimum absolute atomic E-state index is 0.134. The number of hydrogen-bond donors (Lipinski definition) is 2. The normalized spacial score (nSPS) is 21.3. The maximum Gasteiger partial charge on any atom is 0.220 e. The molecule has 0 spiro atoms. The molecule has 1 aromatic rings. The molecule has 0 bridgehead atoms. The number of allylic oxidation sites excluding steroid dienone is 1. The number of ether oxygens (including phenoxy) is 2. The van der Waals surface area contributed by atoms with E-state index >= 15 is 0 Å². The van der Waals surface area contributed by atoms with Crippen LogP contribution in [0.2, 0.25) is 0 Å². The van der Waals surface area contributed by atoms with Crippen LogP contribution >= 0.6 is 0 Å². The average molecular weight is 487 g/mol. The van der Waals surface area contributed by atoms with E-state index in [1.54, 1.807) is 12.2 Å². The maximum atomic E-state index is 13.1. The van der Waals surface area contributed by atoms with Gasteiger partial charge in [-0.15, -0.1) is 0 Å². The molecule has 0 unspecified atom stereocenters. The van der Waals surface area contributed by atoms with Gasteiger partial charge in [-0.05, 0) is 68.3 Å². The van der Waals surface area contributed by atoms with Crippen molar-refractivity contribution >= 4 is 11.7 Å². The number of aliphatic hydroxyl groups is 1. The summed E-state index contributed by atoms with van der Waals surface area (Å²) in [5.74, 6) is -0.286. The zero-order valence-electron chi connectivity index (χ0n) is 20.1. The summed E-state index contributed by atoms with van der Waals surface area (Å²) in [7, 11) is 0. The summed E-state index contributed by atoms with van der Waals surface area (Å²) in [6.07, 6.45) is 7.19. The molecule has 0 radical (unpaired) electrons. The molecule has 1 amide bonds. The number of amides is 1. The number of benzene rings is 1. The first-order valence-electron chi connectivity index (χ1n) is 12.2. The molecule has 190 valence electrons. The van der Waals surface area contributed by atoms with Crippen molar-refractivity contribution in [3.05, 3.63) is 71.8 Å². The summed E-state index contributed by atoms with van der Waals surface area (Å²) in [5, 5.41) is 14.2. The second-order valence-electron chi connectivity index (χ2n) is 8.84. The molecule has 1 saturated heterocycles. The molecule has 2 heterocycles. The number of carbonyl (C=O) groups excluding carboxylic acids is 2. The van der Waals surface area contributed by atoms with Crippen molar-refractivity contribution in [3.8, 4) is 0 Å². The fourth-order valence-electron chi connectivity index (χ4n) is 4.16. The predicted octanol–water partition coefficient (Wildman–Crippen LogP) is 3.16. The number of likely N-dealkylation sites (tertiary alicyclic amines) is 1. The van der Waals surface area contributed by atoms with E-state index < -0.39 is 18.0 Å². The van der Waals surface area contributed by atoms with Gasteiger partial charge in [0, 0.05) is 24.9 Å². The van der Waals surface area contributed by atoms with E-state index in [4.69, 9.17) is 9.47 Å². The molecule has 2 N–H and O–H groups in total. The molecular formula is C27H35FN2O5. The summed E-state index contributed by atoms with van der Waals surface area (Å²) in [4.78, 5) is 27.3. The van der Waals surface area contributed by atoms with Crippen molar-refractivity contribution in [2.75, 3.05) is 39.5 Å². The maximum absolute atomic E-state index is 13.1. The number of rotatable bonds is 10. The van der Waals surface area contributed by atoms with Gasteiger partial charge in [-0.3, -0.25) is 9.59 Å². The Morgan fingerprint density at radius 2 is 1.86 bits per heavy atom. The smallest absolute Gasteiger partial charge is 0.220 e. The first-order valence-corrected chi connectivity index (χ1v) is 12.2. The highest BCUT2D eigenvalue weighted by molar-refractivity contribution is 5.96. The first kappa shape index (κ1) is 26.8. The molecule has 1 aromatic carbocycles. The Bertz CT molecular complexity index is 922. The van der Waals surface area contributed by atoms with Gasteiger partial charge in [-0.25, -0.2) is 4.39 Å². The number of halogens is 1. The standard InChI is InChI=1S/C27H35FN2O5/c1-20-7-8-22(13-16-34-17-18-35-20)27(33)24(19-30-14-2-3-15-30)29-26(32)6-4-5-25(31)21-9-11-23(28)12-10-21/h7-13,24,27,33H,1-6,14-19H2,(H,29,32)/b8-7-,22-13+/t24-,27-/m1/s1. The van der Waals surface area contributed by atoms with Gasteiger partial charge >= 0.3 is 0 Å². The number of hydrogen-bond acceptors (Lipinski definition) is 6. The lowest BCUT2D eigenvalue weighted by Crippen LogP contribution is -2.50. The Labute approximate surface area is 206 Å². The number of Topliss-reactive ketones (excluding diaryl/α,β-unsaturated/α-hetero) is 1. The van der Waals surface area contributed by atoms with Crippen molar-refractivity contribution < 1.29 is 28.6 Å². The number of carbonyl (C=O) groups is 2. The van der Waals surface area contributed by atoms with Crippen molar-refractivity contribution in [1.82, 2.24) is 10.2 Å². The van der Waals surface area contributed by atoms with E-state index in [2.05, 4.69) is 16.8 Å². The molecule has 0 aliphatic carbocycles. The number of aliphatic hydroxyl groups excluding tert-OH is 1. The van der Waals surface area contributed by atoms with Gasteiger partial charge in [0.1, 0.15) is 24.3 Å². The van der Waals surface area contributed by atoms with Crippen LogP contribution in [0.1, 0.15) is 42.5 Å². The Hall–Kier alpha value is -2.81. The lowest BCUT2D eigenvalue weighted by molar-refractivity contribution is -0.122. The van der Waals surface area contributed by atoms with E-state index in [9.17, 15) is 19.1 Å². The highest BCUT2D eigenvalue weighted by atomic mass is 19.1. The average Bonchev–Trinajstić information content (AvgIpc) is 3.36. The second kappa shape index (κ2) is 13.9. The minimum Gasteiger partial charge on any atom is -0.492 e. The van der Waals surface area contributed by atoms with Gasteiger partial charge in [-0.2, -0.15) is 0 Å². The van der Waals surface area contributed by atoms with Crippen LogP contribution < -0.4 is 5.32 Å². The van der Waals surface area contributed by atoms with Crippen LogP contribution in [0.5, 0.6) is 0 Å². The third-order valence-corrected chi connectivity index (χ3v) is 6.11. The van der Waals surface area contributed by atoms with Crippen LogP contribution in [0.25, 0.3) is 0 Å². The first-order chi connectivity index (χ1) is 16.9. The molecule has 2 aliphatic rings. The Morgan fingerprint density at radius 3 is 2.60 bits per heavy atom. The molecule has 35 heavy (non-hydrogen) atoms. The van der Waals surface area contributed by atoms with Crippen LogP contribution in [0.15, 0.2) is 60.4 Å². The van der Waals surface area contributed by atoms with E-state index in [0.717, 1.165) is 25.9 Å². The molecule has 8 heteroatoms. The van der Waals surface area contributed by atoms with Gasteiger partial charge in [0.2, 0.25) is 5.91 Å². The summed E-state index contributed by atoms with van der Waals surface area (Å²) >= 11 is 0. The Balaban J connectivity index is 1.60. The molecule has 7 nitrogen and oxygen atoms in total. The monoisotopic (exact) mass is 486 g/mol. The number of nitrogens with zero attached hydrogens (tertiary/aromatic N) is 1. The van der Waals surface area contributed by atoms with E-state index in [1.807, 2.05) is 6.08 Å². The molecule has 2 atom stereocenters. The van der Waals surface area contributed by atoms with Crippen molar-refractivity contribution in [1.29, 1.82) is 0 Å². The number of ketones is 1. The van der Waals surface area contributed by atoms with E-state index in [-0.39, 0.29) is 24.5 Å². The van der Waals surface area contributed by atoms with Crippen molar-refractivity contribution in [2.45, 2.75) is 44.2 Å². The molecule has 0 aromatic heterocycles. The minimum atomic E-state index is -0.951. The van der Waals surface area contributed by atoms with Gasteiger partial charge in [0.25, 0.3) is 0 Å². The second-order valence-corrected chi connectivity index (χ2v) is 8.84. The van der Waals surface area contributed by atoms with Crippen LogP contribution in [-0.4, -0.2) is 73.3 Å². The molecule has 2 aliphatic heterocycles. The summed E-state index contributed by atoms with van der Waals surface area (Å²) in [5.41, 5.74) is 1.05. The third kappa shape index (κ3) is 9.05. The van der Waals surface area contributed by atoms with Gasteiger partial charge in [-0.1, -0.05) is 18.7 Å². The lowest BCUT2D eigenvalue weighted by atomic mass is 9.99. The number of nitrogens with one attached hydrogen (secondary N) is 1. The summed E-state index contributed by atoms with van der Waals surface area (Å²) in [6.45, 7) is 7.35. The summed E-state index contributed by atoms with van der Waals surface area (Å²) in [6, 6.07) is 4.87. The SMILES string of the molecule is C=C1/C=C\C([C@@H](O)[C@@H](CN2CCCC2)NC(=O)CCCC(=O)c2ccc(F)cc2)=C/COCCO1. The molecule has 0 saturated carbocycles. The summed E-state index contributed by atoms with van der Waals surface area (Å²) < 4.78 is 24.0. The molecule has 1 fully saturated rings. The Morgan fingerprint density at radius 1 is 1.11 bits per heavy atom. The van der Waals surface area contributed by atoms with Crippen LogP contribution in [0, 0.1) is 5.82 Å².